The van der Waals surface area contributed by atoms with Gasteiger partial charge in [0.2, 0.25) is 0 Å². The number of unbranched alkanes of at least 4 members (excludes halogenated alkanes) is 2. The van der Waals surface area contributed by atoms with Crippen LogP contribution in [-0.2, 0) is 4.79 Å². The van der Waals surface area contributed by atoms with Crippen LogP contribution < -0.4 is 5.32 Å². The second-order valence-corrected chi connectivity index (χ2v) is 5.17. The lowest BCUT2D eigenvalue weighted by Crippen LogP contribution is -2.23. The molecule has 0 rings (SSSR count). The smallest absolute Gasteiger partial charge is 0.303 e. The molecule has 17 heavy (non-hydrogen) atoms. The molecule has 0 radical (unpaired) electrons. The number of carboxylic acid groups (broad SMARTS) is 1. The predicted octanol–water partition coefficient (Wildman–Crippen LogP) is 2.55. The first-order valence-electron chi connectivity index (χ1n) is 6.27. The van der Waals surface area contributed by atoms with E-state index in [4.69, 9.17) is 10.4 Å². The average molecular weight is 240 g/mol. The molecule has 0 saturated heterocycles. The highest BCUT2D eigenvalue weighted by Gasteiger charge is 2.18. The van der Waals surface area contributed by atoms with Crippen LogP contribution in [0.25, 0.3) is 0 Å². The first-order valence-corrected chi connectivity index (χ1v) is 6.27. The van der Waals surface area contributed by atoms with E-state index in [1.54, 1.807) is 0 Å². The van der Waals surface area contributed by atoms with E-state index >= 15 is 0 Å². The van der Waals surface area contributed by atoms with Crippen molar-refractivity contribution in [1.29, 1.82) is 5.26 Å². The van der Waals surface area contributed by atoms with Crippen molar-refractivity contribution < 1.29 is 9.90 Å². The monoisotopic (exact) mass is 240 g/mol. The van der Waals surface area contributed by atoms with Crippen molar-refractivity contribution in [2.45, 2.75) is 52.4 Å². The highest BCUT2D eigenvalue weighted by atomic mass is 16.4. The van der Waals surface area contributed by atoms with E-state index in [2.05, 4.69) is 25.2 Å². The molecule has 0 saturated carbocycles. The Labute approximate surface area is 104 Å². The molecular formula is C13H24N2O2. The van der Waals surface area contributed by atoms with E-state index < -0.39 is 5.97 Å². The molecule has 0 aliphatic heterocycles. The summed E-state index contributed by atoms with van der Waals surface area (Å²) in [5.41, 5.74) is 0.0814. The van der Waals surface area contributed by atoms with Gasteiger partial charge in [-0.25, -0.2) is 0 Å². The van der Waals surface area contributed by atoms with Gasteiger partial charge in [0.25, 0.3) is 0 Å². The molecule has 0 aromatic heterocycles. The molecule has 4 nitrogen and oxygen atoms in total. The van der Waals surface area contributed by atoms with Gasteiger partial charge in [0.15, 0.2) is 0 Å². The van der Waals surface area contributed by atoms with Crippen LogP contribution in [0.3, 0.4) is 0 Å². The third-order valence-corrected chi connectivity index (χ3v) is 2.89. The van der Waals surface area contributed by atoms with Gasteiger partial charge in [0.1, 0.15) is 0 Å². The van der Waals surface area contributed by atoms with Gasteiger partial charge in [0.05, 0.1) is 6.07 Å². The number of nitrogens with one attached hydrogen (secondary N) is 1. The predicted molar refractivity (Wildman–Crippen MR) is 67.6 cm³/mol. The largest absolute Gasteiger partial charge is 0.481 e. The lowest BCUT2D eigenvalue weighted by atomic mass is 9.84. The quantitative estimate of drug-likeness (QED) is 0.575. The van der Waals surface area contributed by atoms with Gasteiger partial charge >= 0.3 is 5.97 Å². The molecule has 0 fully saturated rings. The molecule has 0 aliphatic rings. The highest BCUT2D eigenvalue weighted by Crippen LogP contribution is 2.25. The molecule has 98 valence electrons. The Morgan fingerprint density at radius 2 is 2.00 bits per heavy atom. The number of rotatable bonds is 10. The molecule has 0 atom stereocenters. The summed E-state index contributed by atoms with van der Waals surface area (Å²) in [6.07, 6.45) is 4.56. The Hall–Kier alpha value is -1.08. The Balaban J connectivity index is 3.45. The molecule has 0 amide bonds. The Morgan fingerprint density at radius 3 is 2.59 bits per heavy atom. The summed E-state index contributed by atoms with van der Waals surface area (Å²) in [4.78, 5) is 10.5. The third kappa shape index (κ3) is 11.2. The van der Waals surface area contributed by atoms with Gasteiger partial charge < -0.3 is 10.4 Å². The zero-order valence-electron chi connectivity index (χ0n) is 11.0. The van der Waals surface area contributed by atoms with Gasteiger partial charge in [-0.1, -0.05) is 13.8 Å². The summed E-state index contributed by atoms with van der Waals surface area (Å²) in [5.74, 6) is -0.720. The number of hydrogen-bond donors (Lipinski definition) is 2. The van der Waals surface area contributed by atoms with Crippen LogP contribution in [0.4, 0.5) is 0 Å². The fourth-order valence-electron chi connectivity index (χ4n) is 1.58. The zero-order chi connectivity index (χ0) is 13.1. The summed E-state index contributed by atoms with van der Waals surface area (Å²) < 4.78 is 0. The lowest BCUT2D eigenvalue weighted by molar-refractivity contribution is -0.137. The van der Waals surface area contributed by atoms with Gasteiger partial charge in [-0.05, 0) is 44.2 Å². The summed E-state index contributed by atoms with van der Waals surface area (Å²) in [7, 11) is 0. The fourth-order valence-corrected chi connectivity index (χ4v) is 1.58. The summed E-state index contributed by atoms with van der Waals surface area (Å²) in [5, 5.41) is 20.3. The third-order valence-electron chi connectivity index (χ3n) is 2.89. The van der Waals surface area contributed by atoms with Crippen molar-refractivity contribution in [3.63, 3.8) is 0 Å². The normalized spacial score (nSPS) is 11.1. The first kappa shape index (κ1) is 15.9. The molecule has 4 heteroatoms. The Bertz CT molecular complexity index is 257. The SMILES string of the molecule is CC(C)(CCNCCCCC#N)CCC(=O)O. The van der Waals surface area contributed by atoms with Crippen molar-refractivity contribution >= 4 is 5.97 Å². The van der Waals surface area contributed by atoms with Gasteiger partial charge in [-0.2, -0.15) is 5.26 Å². The maximum Gasteiger partial charge on any atom is 0.303 e. The van der Waals surface area contributed by atoms with Gasteiger partial charge in [0, 0.05) is 12.8 Å². The van der Waals surface area contributed by atoms with Crippen LogP contribution >= 0.6 is 0 Å². The molecule has 0 heterocycles. The summed E-state index contributed by atoms with van der Waals surface area (Å²) in [6.45, 7) is 6.07. The Kier molecular flexibility index (Phi) is 8.43. The van der Waals surface area contributed by atoms with Gasteiger partial charge in [-0.3, -0.25) is 4.79 Å². The number of nitriles is 1. The van der Waals surface area contributed by atoms with E-state index in [9.17, 15) is 4.79 Å². The van der Waals surface area contributed by atoms with Crippen molar-refractivity contribution in [3.05, 3.63) is 0 Å². The van der Waals surface area contributed by atoms with Crippen molar-refractivity contribution in [2.24, 2.45) is 5.41 Å². The van der Waals surface area contributed by atoms with Crippen LogP contribution in [0.1, 0.15) is 52.4 Å². The van der Waals surface area contributed by atoms with Crippen LogP contribution in [-0.4, -0.2) is 24.2 Å². The fraction of sp³-hybridized carbons (Fsp3) is 0.846. The Morgan fingerprint density at radius 1 is 1.29 bits per heavy atom. The van der Waals surface area contributed by atoms with Crippen LogP contribution in [0.2, 0.25) is 0 Å². The minimum atomic E-state index is -0.720. The van der Waals surface area contributed by atoms with Crippen LogP contribution in [0.15, 0.2) is 0 Å². The van der Waals surface area contributed by atoms with Gasteiger partial charge in [-0.15, -0.1) is 0 Å². The molecule has 0 aromatic rings. The minimum Gasteiger partial charge on any atom is -0.481 e. The first-order chi connectivity index (χ1) is 7.98. The van der Waals surface area contributed by atoms with Crippen molar-refractivity contribution in [3.8, 4) is 6.07 Å². The molecule has 0 aromatic carbocycles. The van der Waals surface area contributed by atoms with E-state index in [0.29, 0.717) is 6.42 Å². The zero-order valence-corrected chi connectivity index (χ0v) is 11.0. The van der Waals surface area contributed by atoms with Crippen LogP contribution in [0, 0.1) is 16.7 Å². The number of carboxylic acids is 1. The minimum absolute atomic E-state index is 0.0814. The molecule has 0 unspecified atom stereocenters. The maximum absolute atomic E-state index is 10.5. The second kappa shape index (κ2) is 9.00. The highest BCUT2D eigenvalue weighted by molar-refractivity contribution is 5.66. The number of hydrogen-bond acceptors (Lipinski definition) is 3. The van der Waals surface area contributed by atoms with Crippen LogP contribution in [0.5, 0.6) is 0 Å². The average Bonchev–Trinajstić information content (AvgIpc) is 2.25. The summed E-state index contributed by atoms with van der Waals surface area (Å²) in [6, 6.07) is 2.13. The lowest BCUT2D eigenvalue weighted by Gasteiger charge is -2.23. The van der Waals surface area contributed by atoms with E-state index in [1.807, 2.05) is 0 Å². The van der Waals surface area contributed by atoms with Crippen molar-refractivity contribution in [2.75, 3.05) is 13.1 Å². The van der Waals surface area contributed by atoms with E-state index in [0.717, 1.165) is 38.8 Å². The molecule has 0 aliphatic carbocycles. The summed E-state index contributed by atoms with van der Waals surface area (Å²) >= 11 is 0. The molecule has 0 bridgehead atoms. The number of nitrogens with zero attached hydrogens (tertiary/aromatic N) is 1. The molecular weight excluding hydrogens is 216 g/mol. The topological polar surface area (TPSA) is 73.1 Å². The second-order valence-electron chi connectivity index (χ2n) is 5.17. The van der Waals surface area contributed by atoms with E-state index in [-0.39, 0.29) is 11.8 Å². The standard InChI is InChI=1S/C13H24N2O2/c1-13(2,7-6-12(16)17)8-11-15-10-5-3-4-9-14/h15H,3-8,10-11H2,1-2H3,(H,16,17). The number of aliphatic carboxylic acids is 1. The van der Waals surface area contributed by atoms with Crippen molar-refractivity contribution in [1.82, 2.24) is 5.32 Å². The molecule has 2 N–H and O–H groups in total. The molecule has 0 spiro atoms. The number of carbonyl (C=O) groups is 1. The maximum atomic E-state index is 10.5. The van der Waals surface area contributed by atoms with E-state index in [1.165, 1.54) is 0 Å².